The molecule has 0 radical (unpaired) electrons. The van der Waals surface area contributed by atoms with Crippen LogP contribution < -0.4 is 4.74 Å². The van der Waals surface area contributed by atoms with Crippen molar-refractivity contribution in [1.82, 2.24) is 4.90 Å². The van der Waals surface area contributed by atoms with E-state index >= 15 is 0 Å². The van der Waals surface area contributed by atoms with Crippen LogP contribution in [0.25, 0.3) is 0 Å². The van der Waals surface area contributed by atoms with E-state index in [4.69, 9.17) is 4.74 Å². The number of nitrogens with zero attached hydrogens (tertiary/aromatic N) is 1. The fraction of sp³-hybridized carbons (Fsp3) is 0.312. The Morgan fingerprint density at radius 2 is 1.84 bits per heavy atom. The quantitative estimate of drug-likeness (QED) is 0.672. The first kappa shape index (κ1) is 15.0. The zero-order valence-corrected chi connectivity index (χ0v) is 11.4. The van der Waals surface area contributed by atoms with E-state index in [-0.39, 0.29) is 5.91 Å². The highest BCUT2D eigenvalue weighted by atomic mass is 16.5. The van der Waals surface area contributed by atoms with Gasteiger partial charge in [-0.3, -0.25) is 4.79 Å². The van der Waals surface area contributed by atoms with Crippen LogP contribution in [0.2, 0.25) is 0 Å². The molecule has 0 N–H and O–H groups in total. The monoisotopic (exact) mass is 259 g/mol. The largest absolute Gasteiger partial charge is 0.481 e. The molecular formula is C16H21NO2. The minimum atomic E-state index is -0.470. The molecule has 1 aromatic carbocycles. The molecule has 1 atom stereocenters. The Kier molecular flexibility index (Phi) is 6.44. The zero-order valence-electron chi connectivity index (χ0n) is 11.4. The minimum Gasteiger partial charge on any atom is -0.481 e. The van der Waals surface area contributed by atoms with E-state index in [0.29, 0.717) is 25.3 Å². The average molecular weight is 259 g/mol. The van der Waals surface area contributed by atoms with Crippen molar-refractivity contribution in [2.24, 2.45) is 0 Å². The van der Waals surface area contributed by atoms with Gasteiger partial charge in [-0.25, -0.2) is 0 Å². The van der Waals surface area contributed by atoms with Crippen LogP contribution in [0.3, 0.4) is 0 Å². The molecule has 0 heterocycles. The van der Waals surface area contributed by atoms with E-state index in [1.54, 1.807) is 17.1 Å². The van der Waals surface area contributed by atoms with E-state index < -0.39 is 6.10 Å². The van der Waals surface area contributed by atoms with Gasteiger partial charge in [0.05, 0.1) is 0 Å². The Morgan fingerprint density at radius 3 is 2.32 bits per heavy atom. The SMILES string of the molecule is C=CCN(CC=C)C(=O)C(CC)Oc1ccccc1. The summed E-state index contributed by atoms with van der Waals surface area (Å²) in [6.07, 6.45) is 3.56. The van der Waals surface area contributed by atoms with Gasteiger partial charge in [0.1, 0.15) is 5.75 Å². The number of hydrogen-bond donors (Lipinski definition) is 0. The maximum atomic E-state index is 12.4. The lowest BCUT2D eigenvalue weighted by molar-refractivity contribution is -0.137. The third-order valence-electron chi connectivity index (χ3n) is 2.68. The van der Waals surface area contributed by atoms with E-state index in [0.717, 1.165) is 0 Å². The average Bonchev–Trinajstić information content (AvgIpc) is 2.45. The van der Waals surface area contributed by atoms with Crippen LogP contribution in [0.15, 0.2) is 55.6 Å². The van der Waals surface area contributed by atoms with Gasteiger partial charge in [0.15, 0.2) is 6.10 Å². The highest BCUT2D eigenvalue weighted by molar-refractivity contribution is 5.81. The maximum absolute atomic E-state index is 12.4. The van der Waals surface area contributed by atoms with Crippen molar-refractivity contribution in [1.29, 1.82) is 0 Å². The second kappa shape index (κ2) is 8.14. The Labute approximate surface area is 115 Å². The summed E-state index contributed by atoms with van der Waals surface area (Å²) in [6, 6.07) is 9.38. The lowest BCUT2D eigenvalue weighted by Gasteiger charge is -2.25. The summed E-state index contributed by atoms with van der Waals surface area (Å²) >= 11 is 0. The Morgan fingerprint density at radius 1 is 1.26 bits per heavy atom. The normalized spacial score (nSPS) is 11.4. The Balaban J connectivity index is 2.74. The topological polar surface area (TPSA) is 29.5 Å². The zero-order chi connectivity index (χ0) is 14.1. The Hall–Kier alpha value is -2.03. The van der Waals surface area contributed by atoms with Crippen LogP contribution in [-0.4, -0.2) is 30.0 Å². The van der Waals surface area contributed by atoms with Crippen molar-refractivity contribution in [2.75, 3.05) is 13.1 Å². The van der Waals surface area contributed by atoms with Gasteiger partial charge in [0.2, 0.25) is 0 Å². The fourth-order valence-corrected chi connectivity index (χ4v) is 1.74. The van der Waals surface area contributed by atoms with Crippen LogP contribution in [-0.2, 0) is 4.79 Å². The molecule has 0 fully saturated rings. The fourth-order valence-electron chi connectivity index (χ4n) is 1.74. The summed E-state index contributed by atoms with van der Waals surface area (Å²) in [4.78, 5) is 14.0. The van der Waals surface area contributed by atoms with Gasteiger partial charge >= 0.3 is 0 Å². The van der Waals surface area contributed by atoms with Crippen molar-refractivity contribution in [3.63, 3.8) is 0 Å². The Bertz CT molecular complexity index is 404. The number of ether oxygens (including phenoxy) is 1. The molecule has 0 bridgehead atoms. The van der Waals surface area contributed by atoms with Crippen LogP contribution in [0.4, 0.5) is 0 Å². The predicted octanol–water partition coefficient (Wildman–Crippen LogP) is 3.04. The molecule has 0 aliphatic heterocycles. The third-order valence-corrected chi connectivity index (χ3v) is 2.68. The highest BCUT2D eigenvalue weighted by Crippen LogP contribution is 2.14. The first-order valence-electron chi connectivity index (χ1n) is 6.45. The van der Waals surface area contributed by atoms with Crippen LogP contribution in [0.1, 0.15) is 13.3 Å². The van der Waals surface area contributed by atoms with Crippen molar-refractivity contribution in [3.05, 3.63) is 55.6 Å². The van der Waals surface area contributed by atoms with E-state index in [9.17, 15) is 4.79 Å². The lowest BCUT2D eigenvalue weighted by Crippen LogP contribution is -2.41. The molecule has 1 amide bonds. The molecule has 0 aromatic heterocycles. The lowest BCUT2D eigenvalue weighted by atomic mass is 10.2. The maximum Gasteiger partial charge on any atom is 0.264 e. The number of para-hydroxylation sites is 1. The highest BCUT2D eigenvalue weighted by Gasteiger charge is 2.23. The van der Waals surface area contributed by atoms with Gasteiger partial charge in [0.25, 0.3) is 5.91 Å². The molecule has 0 aliphatic rings. The molecule has 0 saturated heterocycles. The predicted molar refractivity (Wildman–Crippen MR) is 78.1 cm³/mol. The van der Waals surface area contributed by atoms with E-state index in [2.05, 4.69) is 13.2 Å². The first-order valence-corrected chi connectivity index (χ1v) is 6.45. The summed E-state index contributed by atoms with van der Waals surface area (Å²) in [6.45, 7) is 10.3. The van der Waals surface area contributed by atoms with Gasteiger partial charge in [-0.1, -0.05) is 37.3 Å². The first-order chi connectivity index (χ1) is 9.22. The van der Waals surface area contributed by atoms with Gasteiger partial charge < -0.3 is 9.64 Å². The van der Waals surface area contributed by atoms with Gasteiger partial charge in [-0.2, -0.15) is 0 Å². The molecule has 102 valence electrons. The van der Waals surface area contributed by atoms with Crippen LogP contribution in [0.5, 0.6) is 5.75 Å². The van der Waals surface area contributed by atoms with E-state index in [1.807, 2.05) is 37.3 Å². The van der Waals surface area contributed by atoms with E-state index in [1.165, 1.54) is 0 Å². The van der Waals surface area contributed by atoms with Crippen molar-refractivity contribution < 1.29 is 9.53 Å². The third kappa shape index (κ3) is 4.62. The minimum absolute atomic E-state index is 0.0360. The van der Waals surface area contributed by atoms with Crippen molar-refractivity contribution in [3.8, 4) is 5.75 Å². The summed E-state index contributed by atoms with van der Waals surface area (Å²) in [5.41, 5.74) is 0. The molecule has 3 nitrogen and oxygen atoms in total. The molecule has 1 unspecified atom stereocenters. The molecule has 1 aromatic rings. The molecule has 19 heavy (non-hydrogen) atoms. The van der Waals surface area contributed by atoms with Gasteiger partial charge in [-0.15, -0.1) is 13.2 Å². The second-order valence-electron chi connectivity index (χ2n) is 4.15. The number of hydrogen-bond acceptors (Lipinski definition) is 2. The van der Waals surface area contributed by atoms with Gasteiger partial charge in [0, 0.05) is 13.1 Å². The summed E-state index contributed by atoms with van der Waals surface area (Å²) in [5.74, 6) is 0.672. The summed E-state index contributed by atoms with van der Waals surface area (Å²) in [7, 11) is 0. The summed E-state index contributed by atoms with van der Waals surface area (Å²) in [5, 5.41) is 0. The molecule has 0 aliphatic carbocycles. The molecule has 0 spiro atoms. The molecule has 3 heteroatoms. The van der Waals surface area contributed by atoms with Crippen LogP contribution >= 0.6 is 0 Å². The molecular weight excluding hydrogens is 238 g/mol. The molecule has 0 saturated carbocycles. The number of rotatable bonds is 8. The summed E-state index contributed by atoms with van der Waals surface area (Å²) < 4.78 is 5.74. The standard InChI is InChI=1S/C16H21NO2/c1-4-12-17(13-5-2)16(18)15(6-3)19-14-10-8-7-9-11-14/h4-5,7-11,15H,1-2,6,12-13H2,3H3. The molecule has 1 rings (SSSR count). The van der Waals surface area contributed by atoms with Gasteiger partial charge in [-0.05, 0) is 18.6 Å². The number of carbonyl (C=O) groups excluding carboxylic acids is 1. The number of benzene rings is 1. The second-order valence-corrected chi connectivity index (χ2v) is 4.15. The van der Waals surface area contributed by atoms with Crippen molar-refractivity contribution >= 4 is 5.91 Å². The number of carbonyl (C=O) groups is 1. The van der Waals surface area contributed by atoms with Crippen molar-refractivity contribution in [2.45, 2.75) is 19.4 Å². The number of amides is 1. The smallest absolute Gasteiger partial charge is 0.264 e. The van der Waals surface area contributed by atoms with Crippen LogP contribution in [0, 0.1) is 0 Å².